The van der Waals surface area contributed by atoms with Crippen LogP contribution in [0.4, 0.5) is 5.69 Å². The average Bonchev–Trinajstić information content (AvgIpc) is 3.10. The molecule has 25 heavy (non-hydrogen) atoms. The maximum Gasteiger partial charge on any atom is 0.277 e. The number of benzene rings is 2. The van der Waals surface area contributed by atoms with Crippen LogP contribution in [0, 0.1) is 0 Å². The summed E-state index contributed by atoms with van der Waals surface area (Å²) in [4.78, 5) is 0. The number of hydrogen-bond acceptors (Lipinski definition) is 6. The smallest absolute Gasteiger partial charge is 0.277 e. The fourth-order valence-electron chi connectivity index (χ4n) is 2.04. The van der Waals surface area contributed by atoms with Gasteiger partial charge in [0.2, 0.25) is 15.9 Å². The van der Waals surface area contributed by atoms with Gasteiger partial charge < -0.3 is 4.42 Å². The maximum absolute atomic E-state index is 11.6. The highest BCUT2D eigenvalue weighted by Crippen LogP contribution is 2.26. The second kappa shape index (κ2) is 7.71. The molecule has 0 radical (unpaired) electrons. The van der Waals surface area contributed by atoms with Gasteiger partial charge in [-0.25, -0.2) is 8.42 Å². The normalized spacial score (nSPS) is 11.4. The Bertz CT molecular complexity index is 923. The number of hydrogen-bond donors (Lipinski definition) is 1. The van der Waals surface area contributed by atoms with Gasteiger partial charge in [0.1, 0.15) is 0 Å². The monoisotopic (exact) mass is 375 g/mol. The van der Waals surface area contributed by atoms with Gasteiger partial charge in [-0.05, 0) is 36.8 Å². The predicted octanol–water partition coefficient (Wildman–Crippen LogP) is 3.79. The molecule has 0 aliphatic carbocycles. The lowest BCUT2D eigenvalue weighted by molar-refractivity contribution is 0.466. The van der Waals surface area contributed by atoms with E-state index in [0.717, 1.165) is 11.3 Å². The summed E-state index contributed by atoms with van der Waals surface area (Å²) in [5.41, 5.74) is 2.42. The fourth-order valence-corrected chi connectivity index (χ4v) is 3.40. The second-order valence-electron chi connectivity index (χ2n) is 5.23. The molecular formula is C17H17N3O3S2. The van der Waals surface area contributed by atoms with E-state index in [2.05, 4.69) is 14.9 Å². The van der Waals surface area contributed by atoms with Gasteiger partial charge in [-0.15, -0.1) is 10.2 Å². The van der Waals surface area contributed by atoms with E-state index >= 15 is 0 Å². The molecule has 0 amide bonds. The molecule has 8 heteroatoms. The summed E-state index contributed by atoms with van der Waals surface area (Å²) in [5.74, 6) is 1.18. The Kier molecular flexibility index (Phi) is 5.40. The first kappa shape index (κ1) is 17.5. The number of sulfonamides is 1. The third-order valence-electron chi connectivity index (χ3n) is 3.40. The molecule has 1 heterocycles. The van der Waals surface area contributed by atoms with E-state index < -0.39 is 10.0 Å². The number of rotatable bonds is 7. The van der Waals surface area contributed by atoms with Crippen LogP contribution >= 0.6 is 11.8 Å². The zero-order valence-corrected chi connectivity index (χ0v) is 15.2. The SMILES string of the molecule is CCS(=O)(=O)Nc1ccc(-c2nnc(SCc3ccccc3)o2)cc1. The summed E-state index contributed by atoms with van der Waals surface area (Å²) in [7, 11) is -3.28. The van der Waals surface area contributed by atoms with Gasteiger partial charge in [-0.2, -0.15) is 0 Å². The molecule has 1 aromatic heterocycles. The van der Waals surface area contributed by atoms with Crippen molar-refractivity contribution in [2.45, 2.75) is 17.9 Å². The zero-order valence-electron chi connectivity index (χ0n) is 13.5. The molecule has 3 aromatic rings. The Morgan fingerprint density at radius 2 is 1.76 bits per heavy atom. The Morgan fingerprint density at radius 1 is 1.04 bits per heavy atom. The molecule has 0 atom stereocenters. The third-order valence-corrected chi connectivity index (χ3v) is 5.59. The van der Waals surface area contributed by atoms with Crippen LogP contribution in [0.1, 0.15) is 12.5 Å². The average molecular weight is 375 g/mol. The summed E-state index contributed by atoms with van der Waals surface area (Å²) < 4.78 is 31.3. The van der Waals surface area contributed by atoms with Crippen LogP contribution in [0.25, 0.3) is 11.5 Å². The molecule has 130 valence electrons. The van der Waals surface area contributed by atoms with Crippen LogP contribution in [0.5, 0.6) is 0 Å². The highest BCUT2D eigenvalue weighted by molar-refractivity contribution is 7.98. The van der Waals surface area contributed by atoms with Crippen LogP contribution in [0.2, 0.25) is 0 Å². The Balaban J connectivity index is 1.65. The van der Waals surface area contributed by atoms with E-state index in [1.165, 1.54) is 17.3 Å². The van der Waals surface area contributed by atoms with Crippen molar-refractivity contribution >= 4 is 27.5 Å². The fraction of sp³-hybridized carbons (Fsp3) is 0.176. The number of aromatic nitrogens is 2. The summed E-state index contributed by atoms with van der Waals surface area (Å²) in [6, 6.07) is 16.9. The zero-order chi connectivity index (χ0) is 17.7. The second-order valence-corrected chi connectivity index (χ2v) is 8.17. The number of thioether (sulfide) groups is 1. The third kappa shape index (κ3) is 4.83. The number of anilines is 1. The molecule has 0 aliphatic rings. The first-order chi connectivity index (χ1) is 12.1. The standard InChI is InChI=1S/C17H17N3O3S2/c1-2-25(21,22)20-15-10-8-14(9-11-15)16-18-19-17(23-16)24-12-13-6-4-3-5-7-13/h3-11,20H,2,12H2,1H3. The predicted molar refractivity (Wildman–Crippen MR) is 98.8 cm³/mol. The molecular weight excluding hydrogens is 358 g/mol. The summed E-state index contributed by atoms with van der Waals surface area (Å²) in [6.07, 6.45) is 0. The van der Waals surface area contributed by atoms with Crippen LogP contribution < -0.4 is 4.72 Å². The van der Waals surface area contributed by atoms with Crippen molar-refractivity contribution < 1.29 is 12.8 Å². The molecule has 0 fully saturated rings. The van der Waals surface area contributed by atoms with E-state index in [-0.39, 0.29) is 5.75 Å². The molecule has 0 aliphatic heterocycles. The molecule has 0 saturated carbocycles. The Hall–Kier alpha value is -2.32. The number of nitrogens with zero attached hydrogens (tertiary/aromatic N) is 2. The van der Waals surface area contributed by atoms with E-state index in [4.69, 9.17) is 4.42 Å². The Labute approximate surface area is 150 Å². The molecule has 3 rings (SSSR count). The summed E-state index contributed by atoms with van der Waals surface area (Å²) in [5, 5.41) is 8.58. The minimum absolute atomic E-state index is 0.0282. The van der Waals surface area contributed by atoms with Crippen LogP contribution in [-0.4, -0.2) is 24.4 Å². The largest absolute Gasteiger partial charge is 0.411 e. The molecule has 0 bridgehead atoms. The lowest BCUT2D eigenvalue weighted by Crippen LogP contribution is -2.14. The van der Waals surface area contributed by atoms with Crippen LogP contribution in [0.15, 0.2) is 64.2 Å². The summed E-state index contributed by atoms with van der Waals surface area (Å²) in [6.45, 7) is 1.59. The Morgan fingerprint density at radius 3 is 2.44 bits per heavy atom. The van der Waals surface area contributed by atoms with E-state index in [1.54, 1.807) is 31.2 Å². The quantitative estimate of drug-likeness (QED) is 0.633. The molecule has 0 spiro atoms. The van der Waals surface area contributed by atoms with Crippen molar-refractivity contribution in [2.75, 3.05) is 10.5 Å². The minimum Gasteiger partial charge on any atom is -0.411 e. The van der Waals surface area contributed by atoms with Gasteiger partial charge in [0, 0.05) is 17.0 Å². The van der Waals surface area contributed by atoms with Crippen molar-refractivity contribution in [3.63, 3.8) is 0 Å². The lowest BCUT2D eigenvalue weighted by atomic mass is 10.2. The summed E-state index contributed by atoms with van der Waals surface area (Å²) >= 11 is 1.47. The van der Waals surface area contributed by atoms with Crippen molar-refractivity contribution in [2.24, 2.45) is 0 Å². The van der Waals surface area contributed by atoms with Gasteiger partial charge in [-0.3, -0.25) is 4.72 Å². The van der Waals surface area contributed by atoms with E-state index in [0.29, 0.717) is 16.8 Å². The first-order valence-corrected chi connectivity index (χ1v) is 10.3. The van der Waals surface area contributed by atoms with Crippen LogP contribution in [0.3, 0.4) is 0 Å². The van der Waals surface area contributed by atoms with Gasteiger partial charge in [0.15, 0.2) is 0 Å². The topological polar surface area (TPSA) is 85.1 Å². The van der Waals surface area contributed by atoms with Crippen LogP contribution in [-0.2, 0) is 15.8 Å². The lowest BCUT2D eigenvalue weighted by Gasteiger charge is -2.05. The van der Waals surface area contributed by atoms with Crippen molar-refractivity contribution in [3.05, 3.63) is 60.2 Å². The molecule has 1 N–H and O–H groups in total. The van der Waals surface area contributed by atoms with Gasteiger partial charge in [0.05, 0.1) is 5.75 Å². The van der Waals surface area contributed by atoms with Gasteiger partial charge in [-0.1, -0.05) is 42.1 Å². The van der Waals surface area contributed by atoms with Gasteiger partial charge in [0.25, 0.3) is 5.22 Å². The molecule has 0 unspecified atom stereocenters. The van der Waals surface area contributed by atoms with Crippen molar-refractivity contribution in [1.82, 2.24) is 10.2 Å². The minimum atomic E-state index is -3.28. The highest BCUT2D eigenvalue weighted by atomic mass is 32.2. The molecule has 2 aromatic carbocycles. The van der Waals surface area contributed by atoms with Gasteiger partial charge >= 0.3 is 0 Å². The van der Waals surface area contributed by atoms with E-state index in [1.807, 2.05) is 30.3 Å². The molecule has 0 saturated heterocycles. The maximum atomic E-state index is 11.6. The highest BCUT2D eigenvalue weighted by Gasteiger charge is 2.11. The number of nitrogens with one attached hydrogen (secondary N) is 1. The molecule has 6 nitrogen and oxygen atoms in total. The van der Waals surface area contributed by atoms with E-state index in [9.17, 15) is 8.42 Å². The van der Waals surface area contributed by atoms with Crippen molar-refractivity contribution in [3.8, 4) is 11.5 Å². The van der Waals surface area contributed by atoms with Crippen molar-refractivity contribution in [1.29, 1.82) is 0 Å². The first-order valence-electron chi connectivity index (χ1n) is 7.67.